The van der Waals surface area contributed by atoms with Gasteiger partial charge in [0.25, 0.3) is 5.91 Å². The Bertz CT molecular complexity index is 1190. The maximum absolute atomic E-state index is 12.7. The largest absolute Gasteiger partial charge is 0.488 e. The van der Waals surface area contributed by atoms with Crippen LogP contribution in [0.4, 0.5) is 0 Å². The van der Waals surface area contributed by atoms with Crippen molar-refractivity contribution < 1.29 is 9.53 Å². The molecule has 5 heteroatoms. The van der Waals surface area contributed by atoms with Crippen LogP contribution in [-0.4, -0.2) is 10.3 Å². The summed E-state index contributed by atoms with van der Waals surface area (Å²) in [5.74, 6) is 0.282. The zero-order valence-electron chi connectivity index (χ0n) is 15.7. The first-order chi connectivity index (χ1) is 14.3. The molecule has 4 rings (SSSR count). The lowest BCUT2D eigenvalue weighted by atomic mass is 10.1. The molecule has 2 aromatic heterocycles. The van der Waals surface area contributed by atoms with Gasteiger partial charge < -0.3 is 14.5 Å². The molecule has 4 aromatic rings. The molecule has 0 saturated carbocycles. The fourth-order valence-corrected chi connectivity index (χ4v) is 3.22. The number of hydrogen-bond donors (Lipinski definition) is 1. The first kappa shape index (κ1) is 18.3. The van der Waals surface area contributed by atoms with E-state index >= 15 is 0 Å². The minimum atomic E-state index is -0.202. The SMILES string of the molecule is N#Cc1c(COc2ccccc2C(=O)NCc2ccccc2)cn2ccccc12. The number of fused-ring (bicyclic) bond motifs is 1. The van der Waals surface area contributed by atoms with E-state index in [1.165, 1.54) is 0 Å². The number of amides is 1. The molecule has 2 heterocycles. The third-order valence-corrected chi connectivity index (χ3v) is 4.68. The number of pyridine rings is 1. The zero-order valence-corrected chi connectivity index (χ0v) is 15.7. The average Bonchev–Trinajstić information content (AvgIpc) is 3.14. The highest BCUT2D eigenvalue weighted by Crippen LogP contribution is 2.23. The fourth-order valence-electron chi connectivity index (χ4n) is 3.22. The van der Waals surface area contributed by atoms with Crippen LogP contribution in [0.5, 0.6) is 5.75 Å². The van der Waals surface area contributed by atoms with E-state index in [1.54, 1.807) is 18.2 Å². The van der Waals surface area contributed by atoms with Crippen LogP contribution in [0.2, 0.25) is 0 Å². The van der Waals surface area contributed by atoms with Gasteiger partial charge in [-0.2, -0.15) is 5.26 Å². The van der Waals surface area contributed by atoms with Crippen molar-refractivity contribution in [3.8, 4) is 11.8 Å². The van der Waals surface area contributed by atoms with Crippen LogP contribution >= 0.6 is 0 Å². The van der Waals surface area contributed by atoms with Crippen LogP contribution < -0.4 is 10.1 Å². The molecule has 0 atom stereocenters. The Labute approximate surface area is 168 Å². The van der Waals surface area contributed by atoms with Crippen molar-refractivity contribution in [2.75, 3.05) is 0 Å². The Kier molecular flexibility index (Phi) is 5.26. The smallest absolute Gasteiger partial charge is 0.255 e. The second-order valence-corrected chi connectivity index (χ2v) is 6.59. The molecule has 29 heavy (non-hydrogen) atoms. The molecule has 0 unspecified atom stereocenters. The summed E-state index contributed by atoms with van der Waals surface area (Å²) in [6.45, 7) is 0.644. The van der Waals surface area contributed by atoms with E-state index in [0.29, 0.717) is 23.4 Å². The number of benzene rings is 2. The second kappa shape index (κ2) is 8.32. The summed E-state index contributed by atoms with van der Waals surface area (Å²) >= 11 is 0. The van der Waals surface area contributed by atoms with Gasteiger partial charge in [-0.25, -0.2) is 0 Å². The molecule has 0 fully saturated rings. The molecule has 1 N–H and O–H groups in total. The topological polar surface area (TPSA) is 66.5 Å². The van der Waals surface area contributed by atoms with Crippen molar-refractivity contribution in [2.45, 2.75) is 13.2 Å². The van der Waals surface area contributed by atoms with Crippen LogP contribution in [0.15, 0.2) is 85.2 Å². The third-order valence-electron chi connectivity index (χ3n) is 4.68. The maximum Gasteiger partial charge on any atom is 0.255 e. The van der Waals surface area contributed by atoms with Crippen LogP contribution in [0.1, 0.15) is 27.0 Å². The number of carbonyl (C=O) groups is 1. The lowest BCUT2D eigenvalue weighted by Gasteiger charge is -2.11. The molecule has 0 saturated heterocycles. The predicted molar refractivity (Wildman–Crippen MR) is 110 cm³/mol. The molecule has 2 aromatic carbocycles. The van der Waals surface area contributed by atoms with Gasteiger partial charge >= 0.3 is 0 Å². The molecule has 142 valence electrons. The van der Waals surface area contributed by atoms with Gasteiger partial charge in [0.05, 0.1) is 16.6 Å². The molecule has 0 aliphatic heterocycles. The van der Waals surface area contributed by atoms with E-state index in [4.69, 9.17) is 4.74 Å². The molecule has 0 bridgehead atoms. The lowest BCUT2D eigenvalue weighted by Crippen LogP contribution is -2.23. The highest BCUT2D eigenvalue weighted by molar-refractivity contribution is 5.96. The minimum Gasteiger partial charge on any atom is -0.488 e. The molecular formula is C24H19N3O2. The number of carbonyl (C=O) groups excluding carboxylic acids is 1. The number of rotatable bonds is 6. The van der Waals surface area contributed by atoms with E-state index in [9.17, 15) is 10.1 Å². The molecule has 0 aliphatic rings. The van der Waals surface area contributed by atoms with E-state index < -0.39 is 0 Å². The highest BCUT2D eigenvalue weighted by Gasteiger charge is 2.14. The lowest BCUT2D eigenvalue weighted by molar-refractivity contribution is 0.0946. The van der Waals surface area contributed by atoms with Gasteiger partial charge in [0.1, 0.15) is 18.4 Å². The Morgan fingerprint density at radius 2 is 1.76 bits per heavy atom. The average molecular weight is 381 g/mol. The van der Waals surface area contributed by atoms with Gasteiger partial charge in [0, 0.05) is 24.5 Å². The van der Waals surface area contributed by atoms with Gasteiger partial charge in [-0.05, 0) is 29.8 Å². The molecule has 1 amide bonds. The van der Waals surface area contributed by atoms with Crippen molar-refractivity contribution in [3.05, 3.63) is 107 Å². The fraction of sp³-hybridized carbons (Fsp3) is 0.0833. The first-order valence-corrected chi connectivity index (χ1v) is 9.29. The normalized spacial score (nSPS) is 10.4. The summed E-state index contributed by atoms with van der Waals surface area (Å²) in [7, 11) is 0. The van der Waals surface area contributed by atoms with Crippen molar-refractivity contribution in [3.63, 3.8) is 0 Å². The Hall–Kier alpha value is -4.04. The summed E-state index contributed by atoms with van der Waals surface area (Å²) in [4.78, 5) is 12.7. The Morgan fingerprint density at radius 3 is 2.59 bits per heavy atom. The number of nitrogens with one attached hydrogen (secondary N) is 1. The standard InChI is InChI=1S/C24H19N3O2/c25-14-21-19(16-27-13-7-6-11-22(21)27)17-29-23-12-5-4-10-20(23)24(28)26-15-18-8-2-1-3-9-18/h1-13,16H,15,17H2,(H,26,28). The van der Waals surface area contributed by atoms with Gasteiger partial charge in [0.15, 0.2) is 0 Å². The van der Waals surface area contributed by atoms with Crippen LogP contribution in [0.3, 0.4) is 0 Å². The Balaban J connectivity index is 1.50. The molecular weight excluding hydrogens is 362 g/mol. The van der Waals surface area contributed by atoms with Crippen LogP contribution in [0.25, 0.3) is 5.52 Å². The van der Waals surface area contributed by atoms with E-state index in [-0.39, 0.29) is 12.5 Å². The molecule has 0 spiro atoms. The summed E-state index contributed by atoms with van der Waals surface area (Å²) < 4.78 is 7.84. The number of hydrogen-bond acceptors (Lipinski definition) is 3. The van der Waals surface area contributed by atoms with Crippen molar-refractivity contribution in [1.82, 2.24) is 9.72 Å². The minimum absolute atomic E-state index is 0.202. The quantitative estimate of drug-likeness (QED) is 0.541. The van der Waals surface area contributed by atoms with Crippen molar-refractivity contribution in [1.29, 1.82) is 5.26 Å². The number of ether oxygens (including phenoxy) is 1. The van der Waals surface area contributed by atoms with E-state index in [2.05, 4.69) is 11.4 Å². The Morgan fingerprint density at radius 1 is 1.00 bits per heavy atom. The highest BCUT2D eigenvalue weighted by atomic mass is 16.5. The third kappa shape index (κ3) is 3.97. The second-order valence-electron chi connectivity index (χ2n) is 6.59. The molecule has 0 aliphatic carbocycles. The van der Waals surface area contributed by atoms with Crippen LogP contribution in [0, 0.1) is 11.3 Å². The number of para-hydroxylation sites is 1. The van der Waals surface area contributed by atoms with Gasteiger partial charge in [-0.3, -0.25) is 4.79 Å². The monoisotopic (exact) mass is 381 g/mol. The predicted octanol–water partition coefficient (Wildman–Crippen LogP) is 4.32. The summed E-state index contributed by atoms with van der Waals surface area (Å²) in [6.07, 6.45) is 3.77. The number of nitrogens with zero attached hydrogens (tertiary/aromatic N) is 2. The van der Waals surface area contributed by atoms with Crippen molar-refractivity contribution in [2.24, 2.45) is 0 Å². The van der Waals surface area contributed by atoms with Crippen LogP contribution in [-0.2, 0) is 13.2 Å². The molecule has 5 nitrogen and oxygen atoms in total. The first-order valence-electron chi connectivity index (χ1n) is 9.29. The van der Waals surface area contributed by atoms with E-state index in [1.807, 2.05) is 71.4 Å². The van der Waals surface area contributed by atoms with Gasteiger partial charge in [-0.15, -0.1) is 0 Å². The van der Waals surface area contributed by atoms with Gasteiger partial charge in [-0.1, -0.05) is 48.5 Å². The van der Waals surface area contributed by atoms with Crippen molar-refractivity contribution >= 4 is 11.4 Å². The summed E-state index contributed by atoms with van der Waals surface area (Å²) in [6, 6.07) is 24.8. The number of nitriles is 1. The van der Waals surface area contributed by atoms with E-state index in [0.717, 1.165) is 16.6 Å². The van der Waals surface area contributed by atoms with Gasteiger partial charge in [0.2, 0.25) is 0 Å². The summed E-state index contributed by atoms with van der Waals surface area (Å²) in [5.41, 5.74) is 3.68. The molecule has 0 radical (unpaired) electrons. The maximum atomic E-state index is 12.7. The zero-order chi connectivity index (χ0) is 20.1. The number of aromatic nitrogens is 1. The summed E-state index contributed by atoms with van der Waals surface area (Å²) in [5, 5.41) is 12.5.